The van der Waals surface area contributed by atoms with E-state index >= 15 is 0 Å². The van der Waals surface area contributed by atoms with Crippen molar-refractivity contribution >= 4 is 17.7 Å². The van der Waals surface area contributed by atoms with Crippen molar-refractivity contribution < 1.29 is 9.53 Å². The van der Waals surface area contributed by atoms with E-state index in [-0.39, 0.29) is 11.6 Å². The highest BCUT2D eigenvalue weighted by Gasteiger charge is 2.19. The van der Waals surface area contributed by atoms with Crippen LogP contribution in [0.2, 0.25) is 0 Å². The monoisotopic (exact) mass is 231 g/mol. The molecule has 0 saturated carbocycles. The molecule has 15 heavy (non-hydrogen) atoms. The van der Waals surface area contributed by atoms with Crippen LogP contribution in [0.4, 0.5) is 0 Å². The normalized spacial score (nSPS) is 22.5. The summed E-state index contributed by atoms with van der Waals surface area (Å²) in [5.41, 5.74) is -0.359. The molecule has 0 radical (unpaired) electrons. The molecule has 0 bridgehead atoms. The van der Waals surface area contributed by atoms with Crippen LogP contribution in [0.3, 0.4) is 0 Å². The van der Waals surface area contributed by atoms with Crippen LogP contribution >= 0.6 is 11.8 Å². The molecule has 0 aromatic rings. The van der Waals surface area contributed by atoms with Gasteiger partial charge < -0.3 is 10.1 Å². The molecular formula is C11H21NO2S. The quantitative estimate of drug-likeness (QED) is 0.752. The predicted octanol–water partition coefficient (Wildman–Crippen LogP) is 1.81. The molecule has 88 valence electrons. The summed E-state index contributed by atoms with van der Waals surface area (Å²) in [7, 11) is 0. The summed E-state index contributed by atoms with van der Waals surface area (Å²) in [4.78, 5) is 11.4. The Bertz CT molecular complexity index is 207. The zero-order chi connectivity index (χ0) is 11.3. The molecule has 1 saturated heterocycles. The fraction of sp³-hybridized carbons (Fsp3) is 0.909. The Morgan fingerprint density at radius 1 is 1.53 bits per heavy atom. The fourth-order valence-electron chi connectivity index (χ4n) is 1.52. The molecule has 1 atom stereocenters. The fourth-order valence-corrected chi connectivity index (χ4v) is 2.52. The van der Waals surface area contributed by atoms with Gasteiger partial charge in [-0.15, -0.1) is 11.8 Å². The lowest BCUT2D eigenvalue weighted by molar-refractivity contribution is -0.151. The van der Waals surface area contributed by atoms with Crippen LogP contribution in [-0.2, 0) is 9.53 Å². The van der Waals surface area contributed by atoms with Gasteiger partial charge in [0, 0.05) is 11.8 Å². The third-order valence-electron chi connectivity index (χ3n) is 2.11. The molecule has 1 aliphatic heterocycles. The lowest BCUT2D eigenvalue weighted by Crippen LogP contribution is -2.32. The number of piperidine rings is 1. The number of thioether (sulfide) groups is 1. The first-order valence-corrected chi connectivity index (χ1v) is 6.56. The SMILES string of the molecule is CC(C)(C)OC(=O)CSC1CCCNC1. The Morgan fingerprint density at radius 2 is 2.27 bits per heavy atom. The van der Waals surface area contributed by atoms with E-state index in [2.05, 4.69) is 5.32 Å². The molecule has 1 unspecified atom stereocenters. The molecule has 0 amide bonds. The number of ether oxygens (including phenoxy) is 1. The van der Waals surface area contributed by atoms with Gasteiger partial charge in [-0.25, -0.2) is 0 Å². The molecule has 1 fully saturated rings. The second-order valence-corrected chi connectivity index (χ2v) is 6.15. The predicted molar refractivity (Wildman–Crippen MR) is 64.2 cm³/mol. The summed E-state index contributed by atoms with van der Waals surface area (Å²) in [6.07, 6.45) is 2.42. The van der Waals surface area contributed by atoms with E-state index in [1.807, 2.05) is 20.8 Å². The summed E-state index contributed by atoms with van der Waals surface area (Å²) < 4.78 is 5.25. The van der Waals surface area contributed by atoms with Gasteiger partial charge in [0.15, 0.2) is 0 Å². The maximum absolute atomic E-state index is 11.4. The highest BCUT2D eigenvalue weighted by Crippen LogP contribution is 2.19. The molecule has 0 aromatic heterocycles. The van der Waals surface area contributed by atoms with Crippen LogP contribution in [0.5, 0.6) is 0 Å². The summed E-state index contributed by atoms with van der Waals surface area (Å²) >= 11 is 1.71. The molecular weight excluding hydrogens is 210 g/mol. The van der Waals surface area contributed by atoms with Gasteiger partial charge in [-0.1, -0.05) is 0 Å². The average Bonchev–Trinajstić information content (AvgIpc) is 2.14. The van der Waals surface area contributed by atoms with Crippen LogP contribution in [0.1, 0.15) is 33.6 Å². The number of carbonyl (C=O) groups excluding carboxylic acids is 1. The van der Waals surface area contributed by atoms with Gasteiger partial charge >= 0.3 is 5.97 Å². The van der Waals surface area contributed by atoms with E-state index in [1.54, 1.807) is 11.8 Å². The molecule has 4 heteroatoms. The highest BCUT2D eigenvalue weighted by molar-refractivity contribution is 8.00. The third kappa shape index (κ3) is 6.05. The zero-order valence-corrected chi connectivity index (χ0v) is 10.7. The molecule has 0 aliphatic carbocycles. The van der Waals surface area contributed by atoms with Gasteiger partial charge in [-0.2, -0.15) is 0 Å². The summed E-state index contributed by atoms with van der Waals surface area (Å²) in [5, 5.41) is 3.91. The van der Waals surface area contributed by atoms with Crippen LogP contribution in [0.25, 0.3) is 0 Å². The van der Waals surface area contributed by atoms with Crippen molar-refractivity contribution in [2.75, 3.05) is 18.8 Å². The van der Waals surface area contributed by atoms with E-state index < -0.39 is 0 Å². The maximum Gasteiger partial charge on any atom is 0.316 e. The summed E-state index contributed by atoms with van der Waals surface area (Å²) in [6.45, 7) is 7.84. The number of rotatable bonds is 3. The minimum Gasteiger partial charge on any atom is -0.459 e. The second-order valence-electron chi connectivity index (χ2n) is 4.87. The number of hydrogen-bond acceptors (Lipinski definition) is 4. The largest absolute Gasteiger partial charge is 0.459 e. The van der Waals surface area contributed by atoms with Crippen molar-refractivity contribution in [3.05, 3.63) is 0 Å². The van der Waals surface area contributed by atoms with Crippen LogP contribution in [0, 0.1) is 0 Å². The molecule has 0 spiro atoms. The van der Waals surface area contributed by atoms with Gasteiger partial charge in [0.1, 0.15) is 5.60 Å². The Balaban J connectivity index is 2.15. The first kappa shape index (κ1) is 12.8. The van der Waals surface area contributed by atoms with Gasteiger partial charge in [0.25, 0.3) is 0 Å². The number of nitrogens with one attached hydrogen (secondary N) is 1. The number of hydrogen-bond donors (Lipinski definition) is 1. The third-order valence-corrected chi connectivity index (χ3v) is 3.38. The molecule has 1 heterocycles. The van der Waals surface area contributed by atoms with Gasteiger partial charge in [0.2, 0.25) is 0 Å². The van der Waals surface area contributed by atoms with E-state index in [0.717, 1.165) is 13.1 Å². The Morgan fingerprint density at radius 3 is 2.80 bits per heavy atom. The van der Waals surface area contributed by atoms with Crippen molar-refractivity contribution in [3.8, 4) is 0 Å². The topological polar surface area (TPSA) is 38.3 Å². The van der Waals surface area contributed by atoms with E-state index in [1.165, 1.54) is 12.8 Å². The standard InChI is InChI=1S/C11H21NO2S/c1-11(2,3)14-10(13)8-15-9-5-4-6-12-7-9/h9,12H,4-8H2,1-3H3. The van der Waals surface area contributed by atoms with Crippen molar-refractivity contribution in [2.24, 2.45) is 0 Å². The Labute approximate surface area is 96.3 Å². The van der Waals surface area contributed by atoms with Gasteiger partial charge in [0.05, 0.1) is 5.75 Å². The van der Waals surface area contributed by atoms with Gasteiger partial charge in [-0.05, 0) is 40.2 Å². The summed E-state index contributed by atoms with van der Waals surface area (Å²) in [6, 6.07) is 0. The number of esters is 1. The molecule has 3 nitrogen and oxygen atoms in total. The van der Waals surface area contributed by atoms with E-state index in [0.29, 0.717) is 11.0 Å². The van der Waals surface area contributed by atoms with Crippen LogP contribution in [0.15, 0.2) is 0 Å². The molecule has 1 N–H and O–H groups in total. The highest BCUT2D eigenvalue weighted by atomic mass is 32.2. The van der Waals surface area contributed by atoms with Crippen molar-refractivity contribution in [1.82, 2.24) is 5.32 Å². The maximum atomic E-state index is 11.4. The smallest absolute Gasteiger partial charge is 0.316 e. The lowest BCUT2D eigenvalue weighted by atomic mass is 10.2. The van der Waals surface area contributed by atoms with E-state index in [4.69, 9.17) is 4.74 Å². The molecule has 0 aromatic carbocycles. The molecule has 1 rings (SSSR count). The Hall–Kier alpha value is -0.220. The average molecular weight is 231 g/mol. The first-order valence-electron chi connectivity index (χ1n) is 5.51. The number of carbonyl (C=O) groups is 1. The van der Waals surface area contributed by atoms with Crippen LogP contribution in [-0.4, -0.2) is 35.7 Å². The van der Waals surface area contributed by atoms with E-state index in [9.17, 15) is 4.79 Å². The van der Waals surface area contributed by atoms with Crippen molar-refractivity contribution in [2.45, 2.75) is 44.5 Å². The molecule has 1 aliphatic rings. The van der Waals surface area contributed by atoms with Crippen molar-refractivity contribution in [3.63, 3.8) is 0 Å². The zero-order valence-electron chi connectivity index (χ0n) is 9.84. The summed E-state index contributed by atoms with van der Waals surface area (Å²) in [5.74, 6) is 0.377. The van der Waals surface area contributed by atoms with Crippen LogP contribution < -0.4 is 5.32 Å². The lowest BCUT2D eigenvalue weighted by Gasteiger charge is -2.23. The Kier molecular flexibility index (Phi) is 4.93. The van der Waals surface area contributed by atoms with Crippen molar-refractivity contribution in [1.29, 1.82) is 0 Å². The minimum absolute atomic E-state index is 0.0990. The minimum atomic E-state index is -0.359. The van der Waals surface area contributed by atoms with Gasteiger partial charge in [-0.3, -0.25) is 4.79 Å². The first-order chi connectivity index (χ1) is 6.97. The second kappa shape index (κ2) is 5.75.